The molecular formula is C27H27F4N5O4. The molecule has 2 aromatic carbocycles. The van der Waals surface area contributed by atoms with Crippen molar-refractivity contribution in [1.29, 1.82) is 0 Å². The van der Waals surface area contributed by atoms with E-state index in [1.807, 2.05) is 0 Å². The number of nitrogens with zero attached hydrogens (tertiary/aromatic N) is 3. The van der Waals surface area contributed by atoms with Gasteiger partial charge in [-0.05, 0) is 25.1 Å². The maximum Gasteiger partial charge on any atom is 0.329 e. The zero-order chi connectivity index (χ0) is 29.6. The summed E-state index contributed by atoms with van der Waals surface area (Å²) in [4.78, 5) is 30.4. The van der Waals surface area contributed by atoms with Gasteiger partial charge in [-0.25, -0.2) is 27.3 Å². The predicted molar refractivity (Wildman–Crippen MR) is 144 cm³/mol. The Balaban J connectivity index is 2.02. The molecule has 40 heavy (non-hydrogen) atoms. The van der Waals surface area contributed by atoms with Gasteiger partial charge in [0.25, 0.3) is 6.43 Å². The number of ether oxygens (including phenoxy) is 2. The minimum absolute atomic E-state index is 0.118. The van der Waals surface area contributed by atoms with Crippen LogP contribution < -0.4 is 25.0 Å². The van der Waals surface area contributed by atoms with Gasteiger partial charge in [-0.3, -0.25) is 14.6 Å². The molecule has 1 aliphatic rings. The highest BCUT2D eigenvalue weighted by molar-refractivity contribution is 6.04. The Bertz CT molecular complexity index is 1360. The zero-order valence-electron chi connectivity index (χ0n) is 21.9. The first-order valence-corrected chi connectivity index (χ1v) is 11.7. The molecule has 9 nitrogen and oxygen atoms in total. The van der Waals surface area contributed by atoms with Crippen LogP contribution in [0.3, 0.4) is 0 Å². The number of methoxy groups -OCH3 is 2. The third kappa shape index (κ3) is 6.42. The molecule has 2 N–H and O–H groups in total. The van der Waals surface area contributed by atoms with Gasteiger partial charge < -0.3 is 20.1 Å². The quantitative estimate of drug-likeness (QED) is 0.181. The number of benzene rings is 2. The van der Waals surface area contributed by atoms with Crippen molar-refractivity contribution in [3.8, 4) is 11.5 Å². The van der Waals surface area contributed by atoms with Gasteiger partial charge in [0.05, 0.1) is 38.7 Å². The van der Waals surface area contributed by atoms with Crippen molar-refractivity contribution in [2.75, 3.05) is 42.8 Å². The number of nitrogens with one attached hydrogen (secondary N) is 2. The van der Waals surface area contributed by atoms with Gasteiger partial charge in [0.15, 0.2) is 23.1 Å². The number of aliphatic imine (C=N–C) groups is 1. The summed E-state index contributed by atoms with van der Waals surface area (Å²) >= 11 is 0. The Hall–Kier alpha value is -4.81. The average Bonchev–Trinajstić information content (AvgIpc) is 2.92. The van der Waals surface area contributed by atoms with Crippen LogP contribution in [-0.2, 0) is 4.79 Å². The molecule has 212 valence electrons. The summed E-state index contributed by atoms with van der Waals surface area (Å²) in [5.41, 5.74) is 0.0882. The van der Waals surface area contributed by atoms with E-state index in [1.54, 1.807) is 31.2 Å². The molecule has 2 aromatic rings. The molecule has 3 rings (SSSR count). The van der Waals surface area contributed by atoms with E-state index in [0.29, 0.717) is 27.0 Å². The number of rotatable bonds is 9. The summed E-state index contributed by atoms with van der Waals surface area (Å²) < 4.78 is 67.1. The van der Waals surface area contributed by atoms with Crippen LogP contribution in [0.25, 0.3) is 0 Å². The zero-order valence-corrected chi connectivity index (χ0v) is 21.9. The number of halogens is 4. The Morgan fingerprint density at radius 1 is 1.12 bits per heavy atom. The molecule has 1 aliphatic heterocycles. The summed E-state index contributed by atoms with van der Waals surface area (Å²) in [6, 6.07) is 6.59. The molecule has 1 heterocycles. The number of para-hydroxylation sites is 2. The van der Waals surface area contributed by atoms with E-state index in [4.69, 9.17) is 9.47 Å². The molecule has 1 saturated heterocycles. The normalized spacial score (nSPS) is 15.0. The number of alkyl halides is 2. The van der Waals surface area contributed by atoms with Gasteiger partial charge >= 0.3 is 6.03 Å². The van der Waals surface area contributed by atoms with Crippen LogP contribution >= 0.6 is 0 Å². The highest BCUT2D eigenvalue weighted by Crippen LogP contribution is 2.40. The molecule has 1 fully saturated rings. The minimum atomic E-state index is -2.97. The molecule has 0 aromatic heterocycles. The minimum Gasteiger partial charge on any atom is -0.493 e. The van der Waals surface area contributed by atoms with Crippen LogP contribution in [0.1, 0.15) is 6.92 Å². The molecule has 0 atom stereocenters. The monoisotopic (exact) mass is 561 g/mol. The number of carbonyl (C=O) groups is 2. The summed E-state index contributed by atoms with van der Waals surface area (Å²) in [5.74, 6) is -3.42. The van der Waals surface area contributed by atoms with E-state index < -0.39 is 60.3 Å². The lowest BCUT2D eigenvalue weighted by Gasteiger charge is -2.38. The van der Waals surface area contributed by atoms with E-state index in [-0.39, 0.29) is 11.3 Å². The highest BCUT2D eigenvalue weighted by atomic mass is 19.3. The van der Waals surface area contributed by atoms with E-state index in [9.17, 15) is 18.4 Å². The maximum absolute atomic E-state index is 15.2. The van der Waals surface area contributed by atoms with E-state index in [2.05, 4.69) is 28.8 Å². The third-order valence-corrected chi connectivity index (χ3v) is 5.73. The SMILES string of the molecule is C=CC(=O)Nc1ccccc1NC(C)=N/C=C1/CN(c2c(F)c(OC)cc(OC)c2F)C(=O)N(CC(F)F)C1=C. The van der Waals surface area contributed by atoms with Crippen LogP contribution in [0.15, 0.2) is 72.0 Å². The Kier molecular flexibility index (Phi) is 9.54. The summed E-state index contributed by atoms with van der Waals surface area (Å²) in [6.45, 7) is 7.20. The van der Waals surface area contributed by atoms with Gasteiger partial charge in [0.2, 0.25) is 5.91 Å². The topological polar surface area (TPSA) is 95.5 Å². The smallest absolute Gasteiger partial charge is 0.329 e. The van der Waals surface area contributed by atoms with Crippen molar-refractivity contribution in [3.63, 3.8) is 0 Å². The van der Waals surface area contributed by atoms with Crippen molar-refractivity contribution in [2.45, 2.75) is 13.3 Å². The lowest BCUT2D eigenvalue weighted by molar-refractivity contribution is -0.111. The largest absolute Gasteiger partial charge is 0.493 e. The number of hydrogen-bond donors (Lipinski definition) is 2. The number of urea groups is 1. The molecule has 13 heteroatoms. The van der Waals surface area contributed by atoms with Crippen molar-refractivity contribution >= 4 is 34.8 Å². The van der Waals surface area contributed by atoms with E-state index in [0.717, 1.165) is 26.4 Å². The van der Waals surface area contributed by atoms with Crippen LogP contribution in [-0.4, -0.2) is 56.4 Å². The number of anilines is 3. The molecule has 0 saturated carbocycles. The lowest BCUT2D eigenvalue weighted by Crippen LogP contribution is -2.51. The van der Waals surface area contributed by atoms with Crippen molar-refractivity contribution < 1.29 is 36.6 Å². The molecular weight excluding hydrogens is 534 g/mol. The van der Waals surface area contributed by atoms with Gasteiger partial charge in [0, 0.05) is 23.5 Å². The second kappa shape index (κ2) is 12.8. The third-order valence-electron chi connectivity index (χ3n) is 5.73. The fraction of sp³-hybridized carbons (Fsp3) is 0.222. The predicted octanol–water partition coefficient (Wildman–Crippen LogP) is 5.54. The maximum atomic E-state index is 15.2. The second-order valence-corrected chi connectivity index (χ2v) is 8.31. The summed E-state index contributed by atoms with van der Waals surface area (Å²) in [7, 11) is 2.28. The lowest BCUT2D eigenvalue weighted by atomic mass is 10.1. The number of hydrogen-bond acceptors (Lipinski definition) is 5. The highest BCUT2D eigenvalue weighted by Gasteiger charge is 2.38. The molecule has 3 amide bonds. The molecule has 0 radical (unpaired) electrons. The number of carbonyl (C=O) groups excluding carboxylic acids is 2. The molecule has 0 spiro atoms. The first kappa shape index (κ1) is 29.7. The standard InChI is InChI=1S/C27H27F4N5O4/c1-6-23(37)34-19-10-8-7-9-18(19)33-16(3)32-12-17-13-36(27(38)35(15(17)2)14-22(28)29)26-24(30)20(39-4)11-21(40-5)25(26)31/h6-12,22H,1-2,13-14H2,3-5H3,(H,32,33)(H,34,37)/b17-12-. The fourth-order valence-electron chi connectivity index (χ4n) is 3.78. The first-order valence-electron chi connectivity index (χ1n) is 11.7. The Morgan fingerprint density at radius 2 is 1.70 bits per heavy atom. The van der Waals surface area contributed by atoms with Crippen LogP contribution in [0, 0.1) is 11.6 Å². The average molecular weight is 562 g/mol. The van der Waals surface area contributed by atoms with Crippen molar-refractivity contribution in [1.82, 2.24) is 4.90 Å². The van der Waals surface area contributed by atoms with E-state index >= 15 is 8.78 Å². The molecule has 0 unspecified atom stereocenters. The van der Waals surface area contributed by atoms with Crippen LogP contribution in [0.5, 0.6) is 11.5 Å². The van der Waals surface area contributed by atoms with Crippen LogP contribution in [0.2, 0.25) is 0 Å². The Labute approximate surface area is 228 Å². The number of amidine groups is 1. The van der Waals surface area contributed by atoms with Gasteiger partial charge in [-0.1, -0.05) is 25.3 Å². The summed E-state index contributed by atoms with van der Waals surface area (Å²) in [6.07, 6.45) is -0.620. The van der Waals surface area contributed by atoms with Crippen molar-refractivity contribution in [3.05, 3.63) is 78.7 Å². The van der Waals surface area contributed by atoms with Crippen LogP contribution in [0.4, 0.5) is 39.4 Å². The summed E-state index contributed by atoms with van der Waals surface area (Å²) in [5, 5.41) is 5.64. The van der Waals surface area contributed by atoms with Gasteiger partial charge in [0.1, 0.15) is 11.5 Å². The molecule has 0 aliphatic carbocycles. The van der Waals surface area contributed by atoms with Gasteiger partial charge in [-0.15, -0.1) is 0 Å². The first-order chi connectivity index (χ1) is 19.0. The number of amides is 3. The fourth-order valence-corrected chi connectivity index (χ4v) is 3.78. The van der Waals surface area contributed by atoms with Gasteiger partial charge in [-0.2, -0.15) is 0 Å². The molecule has 0 bridgehead atoms. The van der Waals surface area contributed by atoms with Crippen molar-refractivity contribution in [2.24, 2.45) is 4.99 Å². The second-order valence-electron chi connectivity index (χ2n) is 8.31. The Morgan fingerprint density at radius 3 is 2.23 bits per heavy atom. The van der Waals surface area contributed by atoms with E-state index in [1.165, 1.54) is 6.20 Å².